The number of halogens is 3. The van der Waals surface area contributed by atoms with Gasteiger partial charge in [-0.05, 0) is 74.3 Å². The van der Waals surface area contributed by atoms with Crippen LogP contribution in [0.3, 0.4) is 0 Å². The molecule has 1 aromatic heterocycles. The molecular formula is C25H26F3N3O3. The second-order valence-corrected chi connectivity index (χ2v) is 9.69. The number of aryl methyl sites for hydroxylation is 1. The van der Waals surface area contributed by atoms with E-state index < -0.39 is 42.4 Å². The van der Waals surface area contributed by atoms with E-state index in [1.807, 2.05) is 0 Å². The van der Waals surface area contributed by atoms with Gasteiger partial charge in [-0.15, -0.1) is 0 Å². The Kier molecular flexibility index (Phi) is 5.83. The Morgan fingerprint density at radius 2 is 1.94 bits per heavy atom. The number of aliphatic hydroxyl groups is 1. The van der Waals surface area contributed by atoms with Gasteiger partial charge in [0, 0.05) is 23.4 Å². The number of pyridine rings is 1. The van der Waals surface area contributed by atoms with Gasteiger partial charge in [-0.1, -0.05) is 0 Å². The van der Waals surface area contributed by atoms with Crippen molar-refractivity contribution in [2.75, 3.05) is 0 Å². The van der Waals surface area contributed by atoms with Gasteiger partial charge in [-0.25, -0.2) is 13.2 Å². The number of aromatic nitrogens is 1. The van der Waals surface area contributed by atoms with E-state index >= 15 is 0 Å². The van der Waals surface area contributed by atoms with Crippen molar-refractivity contribution in [1.29, 1.82) is 0 Å². The number of alkyl halides is 1. The van der Waals surface area contributed by atoms with Gasteiger partial charge in [0.1, 0.15) is 24.4 Å². The fourth-order valence-corrected chi connectivity index (χ4v) is 5.32. The van der Waals surface area contributed by atoms with Crippen molar-refractivity contribution in [3.05, 3.63) is 64.5 Å². The molecule has 6 nitrogen and oxygen atoms in total. The number of carbonyl (C=O) groups is 2. The summed E-state index contributed by atoms with van der Waals surface area (Å²) in [6.45, 7) is 0.662. The molecule has 2 aromatic rings. The van der Waals surface area contributed by atoms with E-state index in [9.17, 15) is 27.9 Å². The number of amides is 2. The average Bonchev–Trinajstić information content (AvgIpc) is 3.47. The summed E-state index contributed by atoms with van der Waals surface area (Å²) >= 11 is 0. The zero-order chi connectivity index (χ0) is 24.1. The van der Waals surface area contributed by atoms with Gasteiger partial charge in [0.25, 0.3) is 5.91 Å². The third-order valence-corrected chi connectivity index (χ3v) is 7.37. The molecule has 0 spiro atoms. The fraction of sp³-hybridized carbons (Fsp3) is 0.480. The van der Waals surface area contributed by atoms with Crippen molar-refractivity contribution < 1.29 is 27.9 Å². The smallest absolute Gasteiger partial charge is 0.254 e. The number of fused-ring (bicyclic) bond motifs is 1. The summed E-state index contributed by atoms with van der Waals surface area (Å²) in [5.74, 6) is -2.04. The summed E-state index contributed by atoms with van der Waals surface area (Å²) in [7, 11) is 0. The summed E-state index contributed by atoms with van der Waals surface area (Å²) in [6.07, 6.45) is 2.82. The predicted octanol–water partition coefficient (Wildman–Crippen LogP) is 3.37. The molecule has 5 rings (SSSR count). The van der Waals surface area contributed by atoms with Crippen LogP contribution in [-0.2, 0) is 11.5 Å². The number of piperidine rings is 1. The lowest BCUT2D eigenvalue weighted by atomic mass is 9.74. The molecule has 2 aliphatic carbocycles. The molecular weight excluding hydrogens is 447 g/mol. The van der Waals surface area contributed by atoms with Crippen LogP contribution in [0.25, 0.3) is 0 Å². The third-order valence-electron chi connectivity index (χ3n) is 7.37. The number of hydrogen-bond donors (Lipinski definition) is 2. The maximum atomic E-state index is 14.8. The van der Waals surface area contributed by atoms with Crippen molar-refractivity contribution in [1.82, 2.24) is 15.2 Å². The first-order chi connectivity index (χ1) is 16.3. The van der Waals surface area contributed by atoms with E-state index in [1.165, 1.54) is 30.2 Å². The molecule has 34 heavy (non-hydrogen) atoms. The Morgan fingerprint density at radius 3 is 2.65 bits per heavy atom. The molecule has 0 bridgehead atoms. The van der Waals surface area contributed by atoms with Crippen LogP contribution in [0.1, 0.15) is 58.9 Å². The number of likely N-dealkylation sites (tertiary alicyclic amines) is 1. The number of aliphatic hydroxyl groups excluding tert-OH is 1. The van der Waals surface area contributed by atoms with Crippen LogP contribution < -0.4 is 5.32 Å². The maximum Gasteiger partial charge on any atom is 0.254 e. The van der Waals surface area contributed by atoms with E-state index in [1.54, 1.807) is 0 Å². The summed E-state index contributed by atoms with van der Waals surface area (Å²) in [5, 5.41) is 12.6. The Bertz CT molecular complexity index is 1140. The van der Waals surface area contributed by atoms with Crippen LogP contribution in [0, 0.1) is 30.4 Å². The maximum absolute atomic E-state index is 14.8. The van der Waals surface area contributed by atoms with Crippen molar-refractivity contribution in [3.8, 4) is 0 Å². The van der Waals surface area contributed by atoms with Gasteiger partial charge in [0.2, 0.25) is 5.91 Å². The summed E-state index contributed by atoms with van der Waals surface area (Å²) in [4.78, 5) is 32.1. The van der Waals surface area contributed by atoms with E-state index in [4.69, 9.17) is 0 Å². The number of rotatable bonds is 6. The molecule has 3 fully saturated rings. The standard InChI is InChI=1S/C25H26F3N3O3/c1-12-4-20(28)18(10-19(12)27)23(15-6-17(32)7-15)30-24(33)22-9-14-8-21(14)31(22)25(34)13-2-3-29-16(5-13)11-26/h2-5,10,14-15,17,21-23,32H,6-9,11H2,1H3,(H,30,33)/t14-,15-,17+,21-,22-,23-/m1/s1. The molecule has 2 heterocycles. The number of nitrogens with zero attached hydrogens (tertiary/aromatic N) is 2. The van der Waals surface area contributed by atoms with Gasteiger partial charge < -0.3 is 15.3 Å². The van der Waals surface area contributed by atoms with Crippen LogP contribution in [-0.4, -0.2) is 45.0 Å². The quantitative estimate of drug-likeness (QED) is 0.674. The number of nitrogens with one attached hydrogen (secondary N) is 1. The average molecular weight is 473 g/mol. The van der Waals surface area contributed by atoms with Crippen LogP contribution in [0.2, 0.25) is 0 Å². The zero-order valence-electron chi connectivity index (χ0n) is 18.7. The Labute approximate surface area is 195 Å². The van der Waals surface area contributed by atoms with Gasteiger partial charge in [-0.3, -0.25) is 14.6 Å². The summed E-state index contributed by atoms with van der Waals surface area (Å²) < 4.78 is 42.1. The molecule has 2 N–H and O–H groups in total. The molecule has 1 saturated heterocycles. The Morgan fingerprint density at radius 1 is 1.18 bits per heavy atom. The van der Waals surface area contributed by atoms with Crippen molar-refractivity contribution in [2.24, 2.45) is 11.8 Å². The summed E-state index contributed by atoms with van der Waals surface area (Å²) in [6, 6.07) is 3.44. The topological polar surface area (TPSA) is 82.5 Å². The molecule has 1 aliphatic heterocycles. The highest BCUT2D eigenvalue weighted by molar-refractivity contribution is 5.98. The number of benzene rings is 1. The minimum atomic E-state index is -0.820. The minimum Gasteiger partial charge on any atom is -0.393 e. The van der Waals surface area contributed by atoms with Crippen LogP contribution >= 0.6 is 0 Å². The first-order valence-electron chi connectivity index (χ1n) is 11.5. The molecule has 2 amide bonds. The predicted molar refractivity (Wildman–Crippen MR) is 116 cm³/mol. The molecule has 4 atom stereocenters. The number of hydrogen-bond acceptors (Lipinski definition) is 4. The van der Waals surface area contributed by atoms with E-state index in [0.29, 0.717) is 19.3 Å². The zero-order valence-corrected chi connectivity index (χ0v) is 18.7. The number of carbonyl (C=O) groups excluding carboxylic acids is 2. The summed E-state index contributed by atoms with van der Waals surface area (Å²) in [5.41, 5.74) is 0.603. The minimum absolute atomic E-state index is 0.0381. The molecule has 3 aliphatic rings. The highest BCUT2D eigenvalue weighted by Gasteiger charge is 2.56. The SMILES string of the molecule is Cc1cc(F)c([C@H](NC(=O)[C@H]2C[C@H]3C[C@H]3N2C(=O)c2ccnc(CF)c2)[C@H]2C[C@@H](O)C2)cc1F. The van der Waals surface area contributed by atoms with E-state index in [2.05, 4.69) is 10.3 Å². The molecule has 180 valence electrons. The third kappa shape index (κ3) is 4.06. The highest BCUT2D eigenvalue weighted by Crippen LogP contribution is 2.49. The van der Waals surface area contributed by atoms with Crippen molar-refractivity contribution in [2.45, 2.75) is 63.5 Å². The van der Waals surface area contributed by atoms with Crippen LogP contribution in [0.5, 0.6) is 0 Å². The second-order valence-electron chi connectivity index (χ2n) is 9.69. The van der Waals surface area contributed by atoms with E-state index in [0.717, 1.165) is 18.6 Å². The van der Waals surface area contributed by atoms with Crippen LogP contribution in [0.15, 0.2) is 30.5 Å². The Balaban J connectivity index is 1.40. The van der Waals surface area contributed by atoms with Gasteiger partial charge in [-0.2, -0.15) is 0 Å². The first kappa shape index (κ1) is 22.8. The van der Waals surface area contributed by atoms with Gasteiger partial charge in [0.15, 0.2) is 0 Å². The van der Waals surface area contributed by atoms with Crippen molar-refractivity contribution in [3.63, 3.8) is 0 Å². The normalized spacial score (nSPS) is 28.1. The Hall–Kier alpha value is -2.94. The molecule has 2 saturated carbocycles. The second kappa shape index (κ2) is 8.69. The molecule has 1 aromatic carbocycles. The highest BCUT2D eigenvalue weighted by atomic mass is 19.1. The lowest BCUT2D eigenvalue weighted by molar-refractivity contribution is -0.127. The van der Waals surface area contributed by atoms with Crippen LogP contribution in [0.4, 0.5) is 13.2 Å². The lowest BCUT2D eigenvalue weighted by Gasteiger charge is -2.39. The first-order valence-corrected chi connectivity index (χ1v) is 11.5. The molecule has 0 radical (unpaired) electrons. The van der Waals surface area contributed by atoms with Gasteiger partial charge >= 0.3 is 0 Å². The monoisotopic (exact) mass is 473 g/mol. The van der Waals surface area contributed by atoms with Crippen molar-refractivity contribution >= 4 is 11.8 Å². The molecule has 0 unspecified atom stereocenters. The largest absolute Gasteiger partial charge is 0.393 e. The molecule has 9 heteroatoms. The fourth-order valence-electron chi connectivity index (χ4n) is 5.32. The van der Waals surface area contributed by atoms with Gasteiger partial charge in [0.05, 0.1) is 17.8 Å². The van der Waals surface area contributed by atoms with E-state index in [-0.39, 0.29) is 46.2 Å². The lowest BCUT2D eigenvalue weighted by Crippen LogP contribution is -2.51.